The van der Waals surface area contributed by atoms with Crippen molar-refractivity contribution < 1.29 is 9.84 Å². The fourth-order valence-electron chi connectivity index (χ4n) is 3.30. The second kappa shape index (κ2) is 6.68. The minimum Gasteiger partial charge on any atom is -0.481 e. The minimum absolute atomic E-state index is 0.162. The number of aliphatic hydroxyl groups excluding tert-OH is 1. The second-order valence-electron chi connectivity index (χ2n) is 6.29. The monoisotopic (exact) mass is 317 g/mol. The molecular formula is C17H23N3O3. The van der Waals surface area contributed by atoms with Crippen LogP contribution in [0.15, 0.2) is 29.1 Å². The van der Waals surface area contributed by atoms with Gasteiger partial charge in [-0.25, -0.2) is 0 Å². The first-order chi connectivity index (χ1) is 11.1. The zero-order valence-electron chi connectivity index (χ0n) is 13.3. The summed E-state index contributed by atoms with van der Waals surface area (Å²) in [6, 6.07) is 7.12. The van der Waals surface area contributed by atoms with Crippen LogP contribution in [0.3, 0.4) is 0 Å². The number of rotatable bonds is 4. The minimum atomic E-state index is -0.571. The average Bonchev–Trinajstić information content (AvgIpc) is 2.57. The van der Waals surface area contributed by atoms with Gasteiger partial charge in [-0.3, -0.25) is 9.36 Å². The van der Waals surface area contributed by atoms with Crippen molar-refractivity contribution >= 4 is 11.0 Å². The summed E-state index contributed by atoms with van der Waals surface area (Å²) in [6.07, 6.45) is 3.09. The first-order valence-corrected chi connectivity index (χ1v) is 8.06. The van der Waals surface area contributed by atoms with Crippen molar-refractivity contribution in [3.63, 3.8) is 0 Å². The predicted octanol–water partition coefficient (Wildman–Crippen LogP) is 1.28. The largest absolute Gasteiger partial charge is 0.481 e. The molecular weight excluding hydrogens is 294 g/mol. The number of hydrogen-bond donors (Lipinski definition) is 2. The van der Waals surface area contributed by atoms with Gasteiger partial charge in [0.25, 0.3) is 5.56 Å². The van der Waals surface area contributed by atoms with Gasteiger partial charge < -0.3 is 15.6 Å². The zero-order valence-corrected chi connectivity index (χ0v) is 13.3. The van der Waals surface area contributed by atoms with Gasteiger partial charge in [0.15, 0.2) is 0 Å². The van der Waals surface area contributed by atoms with Gasteiger partial charge in [0.05, 0.1) is 19.8 Å². The summed E-state index contributed by atoms with van der Waals surface area (Å²) in [4.78, 5) is 16.6. The highest BCUT2D eigenvalue weighted by molar-refractivity contribution is 5.75. The standard InChI is InChI=1S/C17H23N3O3/c1-23-15-8-4-12-5-9-16(22)20(17(12)19-15)10-14(21)11-2-6-13(18)7-3-11/h4-5,8-9,11,13-14,21H,2-3,6-7,10,18H2,1H3/t11-,13-,14-/m0/s1. The molecule has 1 aliphatic rings. The Morgan fingerprint density at radius 3 is 2.70 bits per heavy atom. The number of aromatic nitrogens is 2. The Bertz CT molecular complexity index is 735. The topological polar surface area (TPSA) is 90.4 Å². The fourth-order valence-corrected chi connectivity index (χ4v) is 3.30. The van der Waals surface area contributed by atoms with Crippen molar-refractivity contribution in [3.8, 4) is 5.88 Å². The third kappa shape index (κ3) is 3.38. The number of methoxy groups -OCH3 is 1. The van der Waals surface area contributed by atoms with E-state index < -0.39 is 6.10 Å². The molecule has 0 spiro atoms. The maximum absolute atomic E-state index is 12.3. The van der Waals surface area contributed by atoms with Gasteiger partial charge in [-0.15, -0.1) is 0 Å². The van der Waals surface area contributed by atoms with Crippen molar-refractivity contribution in [3.05, 3.63) is 34.6 Å². The van der Waals surface area contributed by atoms with Crippen molar-refractivity contribution in [1.29, 1.82) is 0 Å². The summed E-state index contributed by atoms with van der Waals surface area (Å²) in [6.45, 7) is 0.246. The average molecular weight is 317 g/mol. The molecule has 1 aliphatic carbocycles. The quantitative estimate of drug-likeness (QED) is 0.886. The molecule has 0 saturated heterocycles. The third-order valence-electron chi connectivity index (χ3n) is 4.75. The molecule has 0 aromatic carbocycles. The van der Waals surface area contributed by atoms with Crippen LogP contribution in [0.5, 0.6) is 5.88 Å². The molecule has 1 atom stereocenters. The van der Waals surface area contributed by atoms with Crippen molar-refractivity contribution in [2.45, 2.75) is 44.4 Å². The first-order valence-electron chi connectivity index (χ1n) is 8.06. The van der Waals surface area contributed by atoms with E-state index in [1.54, 1.807) is 19.2 Å². The molecule has 1 saturated carbocycles. The van der Waals surface area contributed by atoms with Gasteiger partial charge in [0, 0.05) is 23.6 Å². The van der Waals surface area contributed by atoms with Crippen molar-refractivity contribution in [2.24, 2.45) is 11.7 Å². The number of ether oxygens (including phenoxy) is 1. The Morgan fingerprint density at radius 2 is 2.00 bits per heavy atom. The summed E-state index contributed by atoms with van der Waals surface area (Å²) in [5, 5.41) is 11.4. The summed E-state index contributed by atoms with van der Waals surface area (Å²) in [7, 11) is 1.54. The zero-order chi connectivity index (χ0) is 16.4. The molecule has 124 valence electrons. The van der Waals surface area contributed by atoms with E-state index in [0.29, 0.717) is 11.5 Å². The molecule has 3 N–H and O–H groups in total. The smallest absolute Gasteiger partial charge is 0.252 e. The Balaban J connectivity index is 1.89. The van der Waals surface area contributed by atoms with Crippen LogP contribution in [0.4, 0.5) is 0 Å². The molecule has 6 nitrogen and oxygen atoms in total. The molecule has 3 rings (SSSR count). The van der Waals surface area contributed by atoms with Crippen LogP contribution >= 0.6 is 0 Å². The van der Waals surface area contributed by atoms with Crippen LogP contribution in [0.2, 0.25) is 0 Å². The van der Waals surface area contributed by atoms with Gasteiger partial charge in [-0.05, 0) is 43.7 Å². The molecule has 2 aromatic rings. The number of fused-ring (bicyclic) bond motifs is 1. The normalized spacial score (nSPS) is 22.9. The Labute approximate surface area is 134 Å². The molecule has 2 heterocycles. The summed E-state index contributed by atoms with van der Waals surface area (Å²) in [5.41, 5.74) is 6.30. The maximum atomic E-state index is 12.3. The van der Waals surface area contributed by atoms with Crippen LogP contribution in [-0.2, 0) is 6.54 Å². The SMILES string of the molecule is COc1ccc2ccc(=O)n(C[C@H](O)[C@H]3CC[C@H](N)CC3)c2n1. The van der Waals surface area contributed by atoms with Gasteiger partial charge in [-0.2, -0.15) is 4.98 Å². The van der Waals surface area contributed by atoms with Gasteiger partial charge in [-0.1, -0.05) is 0 Å². The van der Waals surface area contributed by atoms with E-state index >= 15 is 0 Å². The van der Waals surface area contributed by atoms with E-state index in [0.717, 1.165) is 31.1 Å². The molecule has 0 radical (unpaired) electrons. The fraction of sp³-hybridized carbons (Fsp3) is 0.529. The number of hydrogen-bond acceptors (Lipinski definition) is 5. The third-order valence-corrected chi connectivity index (χ3v) is 4.75. The predicted molar refractivity (Wildman–Crippen MR) is 88.5 cm³/mol. The highest BCUT2D eigenvalue weighted by atomic mass is 16.5. The maximum Gasteiger partial charge on any atom is 0.252 e. The van der Waals surface area contributed by atoms with Crippen molar-refractivity contribution in [1.82, 2.24) is 9.55 Å². The molecule has 6 heteroatoms. The lowest BCUT2D eigenvalue weighted by molar-refractivity contribution is 0.0667. The lowest BCUT2D eigenvalue weighted by Crippen LogP contribution is -2.36. The number of pyridine rings is 2. The number of nitrogens with zero attached hydrogens (tertiary/aromatic N) is 2. The highest BCUT2D eigenvalue weighted by Gasteiger charge is 2.25. The Hall–Kier alpha value is -1.92. The van der Waals surface area contributed by atoms with Crippen LogP contribution in [-0.4, -0.2) is 33.9 Å². The molecule has 1 fully saturated rings. The van der Waals surface area contributed by atoms with Crippen LogP contribution in [0, 0.1) is 5.92 Å². The molecule has 0 aliphatic heterocycles. The first kappa shape index (κ1) is 16.0. The molecule has 0 amide bonds. The van der Waals surface area contributed by atoms with Crippen LogP contribution in [0.25, 0.3) is 11.0 Å². The molecule has 2 aromatic heterocycles. The molecule has 0 bridgehead atoms. The van der Waals surface area contributed by atoms with E-state index in [4.69, 9.17) is 10.5 Å². The summed E-state index contributed by atoms with van der Waals surface area (Å²) >= 11 is 0. The summed E-state index contributed by atoms with van der Waals surface area (Å²) < 4.78 is 6.69. The molecule has 0 unspecified atom stereocenters. The number of aliphatic hydroxyl groups is 1. The Morgan fingerprint density at radius 1 is 1.30 bits per heavy atom. The van der Waals surface area contributed by atoms with Gasteiger partial charge in [0.2, 0.25) is 5.88 Å². The summed E-state index contributed by atoms with van der Waals surface area (Å²) in [5.74, 6) is 0.637. The lowest BCUT2D eigenvalue weighted by atomic mass is 9.83. The number of nitrogens with two attached hydrogens (primary N) is 1. The van der Waals surface area contributed by atoms with E-state index in [9.17, 15) is 9.90 Å². The second-order valence-corrected chi connectivity index (χ2v) is 6.29. The Kier molecular flexibility index (Phi) is 4.63. The van der Waals surface area contributed by atoms with E-state index in [-0.39, 0.29) is 24.1 Å². The van der Waals surface area contributed by atoms with E-state index in [1.165, 1.54) is 10.6 Å². The van der Waals surface area contributed by atoms with E-state index in [1.807, 2.05) is 6.07 Å². The van der Waals surface area contributed by atoms with E-state index in [2.05, 4.69) is 4.98 Å². The van der Waals surface area contributed by atoms with Crippen LogP contribution < -0.4 is 16.0 Å². The van der Waals surface area contributed by atoms with Crippen molar-refractivity contribution in [2.75, 3.05) is 7.11 Å². The lowest BCUT2D eigenvalue weighted by Gasteiger charge is -2.30. The van der Waals surface area contributed by atoms with Gasteiger partial charge in [0.1, 0.15) is 5.65 Å². The highest BCUT2D eigenvalue weighted by Crippen LogP contribution is 2.27. The van der Waals surface area contributed by atoms with Crippen LogP contribution in [0.1, 0.15) is 25.7 Å². The molecule has 23 heavy (non-hydrogen) atoms. The van der Waals surface area contributed by atoms with Gasteiger partial charge >= 0.3 is 0 Å².